The summed E-state index contributed by atoms with van der Waals surface area (Å²) in [7, 11) is 0. The van der Waals surface area contributed by atoms with E-state index < -0.39 is 0 Å². The average molecular weight is 199 g/mol. The topological polar surface area (TPSA) is 32.3 Å². The minimum Gasteiger partial charge on any atom is -0.393 e. The number of rotatable bonds is 4. The van der Waals surface area contributed by atoms with Crippen LogP contribution in [0.3, 0.4) is 0 Å². The molecule has 0 atom stereocenters. The van der Waals surface area contributed by atoms with Gasteiger partial charge < -0.3 is 10.4 Å². The Morgan fingerprint density at radius 1 is 1.21 bits per heavy atom. The molecule has 1 fully saturated rings. The summed E-state index contributed by atoms with van der Waals surface area (Å²) in [4.78, 5) is 0. The normalized spacial score (nSPS) is 29.1. The molecule has 0 radical (unpaired) electrons. The molecule has 2 nitrogen and oxygen atoms in total. The van der Waals surface area contributed by atoms with Gasteiger partial charge in [0.1, 0.15) is 0 Å². The molecule has 0 aromatic heterocycles. The van der Waals surface area contributed by atoms with Crippen molar-refractivity contribution in [3.8, 4) is 0 Å². The molecule has 0 bridgehead atoms. The fourth-order valence-electron chi connectivity index (χ4n) is 1.83. The van der Waals surface area contributed by atoms with Crippen LogP contribution in [0.1, 0.15) is 52.9 Å². The molecule has 1 saturated carbocycles. The number of hydrogen-bond donors (Lipinski definition) is 2. The lowest BCUT2D eigenvalue weighted by Crippen LogP contribution is -2.39. The molecule has 1 rings (SSSR count). The average Bonchev–Trinajstić information content (AvgIpc) is 2.17. The van der Waals surface area contributed by atoms with Crippen LogP contribution >= 0.6 is 0 Å². The van der Waals surface area contributed by atoms with E-state index in [2.05, 4.69) is 26.1 Å². The Labute approximate surface area is 88.1 Å². The zero-order valence-corrected chi connectivity index (χ0v) is 9.84. The van der Waals surface area contributed by atoms with Crippen LogP contribution in [0.25, 0.3) is 0 Å². The van der Waals surface area contributed by atoms with E-state index in [1.807, 2.05) is 0 Å². The first kappa shape index (κ1) is 12.0. The first-order chi connectivity index (χ1) is 6.53. The summed E-state index contributed by atoms with van der Waals surface area (Å²) in [5.41, 5.74) is 0.413. The van der Waals surface area contributed by atoms with Gasteiger partial charge in [0.15, 0.2) is 0 Å². The zero-order chi connectivity index (χ0) is 10.6. The predicted molar refractivity (Wildman–Crippen MR) is 60.3 cm³/mol. The maximum Gasteiger partial charge on any atom is 0.0541 e. The molecule has 0 heterocycles. The summed E-state index contributed by atoms with van der Waals surface area (Å²) in [6.45, 7) is 7.95. The van der Waals surface area contributed by atoms with Crippen molar-refractivity contribution in [1.29, 1.82) is 0 Å². The van der Waals surface area contributed by atoms with Crippen molar-refractivity contribution < 1.29 is 5.11 Å². The first-order valence-corrected chi connectivity index (χ1v) is 5.95. The fraction of sp³-hybridized carbons (Fsp3) is 1.00. The van der Waals surface area contributed by atoms with Crippen LogP contribution in [0.15, 0.2) is 0 Å². The third-order valence-electron chi connectivity index (χ3n) is 3.52. The molecule has 0 aromatic rings. The summed E-state index contributed by atoms with van der Waals surface area (Å²) >= 11 is 0. The van der Waals surface area contributed by atoms with Crippen molar-refractivity contribution in [2.24, 2.45) is 5.41 Å². The smallest absolute Gasteiger partial charge is 0.0541 e. The predicted octanol–water partition coefficient (Wildman–Crippen LogP) is 2.32. The van der Waals surface area contributed by atoms with Crippen molar-refractivity contribution in [2.45, 2.75) is 65.0 Å². The Hall–Kier alpha value is -0.0800. The summed E-state index contributed by atoms with van der Waals surface area (Å²) in [5.74, 6) is 0. The number of aliphatic hydroxyl groups excluding tert-OH is 1. The van der Waals surface area contributed by atoms with Crippen LogP contribution in [0, 0.1) is 5.41 Å². The van der Waals surface area contributed by atoms with Gasteiger partial charge in [-0.15, -0.1) is 0 Å². The van der Waals surface area contributed by atoms with Crippen LogP contribution in [0.2, 0.25) is 0 Å². The van der Waals surface area contributed by atoms with E-state index in [1.54, 1.807) is 0 Å². The van der Waals surface area contributed by atoms with Gasteiger partial charge in [0, 0.05) is 12.6 Å². The summed E-state index contributed by atoms with van der Waals surface area (Å²) in [5, 5.41) is 13.0. The second kappa shape index (κ2) is 5.13. The highest BCUT2D eigenvalue weighted by Gasteiger charge is 2.21. The molecule has 0 amide bonds. The highest BCUT2D eigenvalue weighted by molar-refractivity contribution is 4.79. The van der Waals surface area contributed by atoms with Gasteiger partial charge in [-0.2, -0.15) is 0 Å². The lowest BCUT2D eigenvalue weighted by Gasteiger charge is -2.30. The molecular formula is C12H25NO. The molecule has 84 valence electrons. The van der Waals surface area contributed by atoms with E-state index in [0.29, 0.717) is 11.5 Å². The SMILES string of the molecule is CCC(C)(C)CNC1CCC(O)CC1. The Balaban J connectivity index is 2.19. The number of nitrogens with one attached hydrogen (secondary N) is 1. The van der Waals surface area contributed by atoms with Crippen LogP contribution in [-0.4, -0.2) is 23.8 Å². The molecule has 0 aromatic carbocycles. The standard InChI is InChI=1S/C12H25NO/c1-4-12(2,3)9-13-10-5-7-11(14)8-6-10/h10-11,13-14H,4-9H2,1-3H3. The zero-order valence-electron chi connectivity index (χ0n) is 9.84. The maximum absolute atomic E-state index is 9.37. The second-order valence-corrected chi connectivity index (χ2v) is 5.40. The minimum absolute atomic E-state index is 0.0350. The van der Waals surface area contributed by atoms with E-state index in [4.69, 9.17) is 0 Å². The third kappa shape index (κ3) is 3.97. The van der Waals surface area contributed by atoms with Crippen molar-refractivity contribution in [3.05, 3.63) is 0 Å². The summed E-state index contributed by atoms with van der Waals surface area (Å²) < 4.78 is 0. The third-order valence-corrected chi connectivity index (χ3v) is 3.52. The van der Waals surface area contributed by atoms with Crippen LogP contribution < -0.4 is 5.32 Å². The minimum atomic E-state index is -0.0350. The Morgan fingerprint density at radius 3 is 2.29 bits per heavy atom. The van der Waals surface area contributed by atoms with Gasteiger partial charge in [-0.05, 0) is 37.5 Å². The molecule has 0 aliphatic heterocycles. The Kier molecular flexibility index (Phi) is 4.39. The number of aliphatic hydroxyl groups is 1. The Morgan fingerprint density at radius 2 is 1.79 bits per heavy atom. The van der Waals surface area contributed by atoms with E-state index in [1.165, 1.54) is 6.42 Å². The van der Waals surface area contributed by atoms with E-state index >= 15 is 0 Å². The van der Waals surface area contributed by atoms with Gasteiger partial charge in [-0.3, -0.25) is 0 Å². The molecular weight excluding hydrogens is 174 g/mol. The van der Waals surface area contributed by atoms with Gasteiger partial charge in [-0.1, -0.05) is 20.8 Å². The highest BCUT2D eigenvalue weighted by atomic mass is 16.3. The van der Waals surface area contributed by atoms with Crippen LogP contribution in [0.5, 0.6) is 0 Å². The molecule has 1 aliphatic rings. The van der Waals surface area contributed by atoms with Crippen molar-refractivity contribution in [3.63, 3.8) is 0 Å². The van der Waals surface area contributed by atoms with Gasteiger partial charge in [0.2, 0.25) is 0 Å². The van der Waals surface area contributed by atoms with Gasteiger partial charge in [-0.25, -0.2) is 0 Å². The lowest BCUT2D eigenvalue weighted by molar-refractivity contribution is 0.114. The second-order valence-electron chi connectivity index (χ2n) is 5.40. The van der Waals surface area contributed by atoms with Crippen LogP contribution in [-0.2, 0) is 0 Å². The van der Waals surface area contributed by atoms with Gasteiger partial charge >= 0.3 is 0 Å². The molecule has 1 aliphatic carbocycles. The summed E-state index contributed by atoms with van der Waals surface area (Å²) in [6.07, 6.45) is 5.42. The largest absolute Gasteiger partial charge is 0.393 e. The molecule has 2 heteroatoms. The molecule has 0 spiro atoms. The summed E-state index contributed by atoms with van der Waals surface area (Å²) in [6, 6.07) is 0.643. The van der Waals surface area contributed by atoms with Gasteiger partial charge in [0.25, 0.3) is 0 Å². The lowest BCUT2D eigenvalue weighted by atomic mass is 9.88. The quantitative estimate of drug-likeness (QED) is 0.728. The molecule has 0 saturated heterocycles. The van der Waals surface area contributed by atoms with E-state index in [9.17, 15) is 5.11 Å². The molecule has 0 unspecified atom stereocenters. The molecule has 14 heavy (non-hydrogen) atoms. The van der Waals surface area contributed by atoms with Crippen LogP contribution in [0.4, 0.5) is 0 Å². The Bertz CT molecular complexity index is 160. The maximum atomic E-state index is 9.37. The van der Waals surface area contributed by atoms with E-state index in [-0.39, 0.29) is 6.10 Å². The molecule has 2 N–H and O–H groups in total. The monoisotopic (exact) mass is 199 g/mol. The van der Waals surface area contributed by atoms with Crippen molar-refractivity contribution in [2.75, 3.05) is 6.54 Å². The number of hydrogen-bond acceptors (Lipinski definition) is 2. The van der Waals surface area contributed by atoms with Crippen molar-refractivity contribution in [1.82, 2.24) is 5.32 Å². The van der Waals surface area contributed by atoms with E-state index in [0.717, 1.165) is 32.2 Å². The first-order valence-electron chi connectivity index (χ1n) is 5.95. The van der Waals surface area contributed by atoms with Gasteiger partial charge in [0.05, 0.1) is 6.10 Å². The highest BCUT2D eigenvalue weighted by Crippen LogP contribution is 2.22. The fourth-order valence-corrected chi connectivity index (χ4v) is 1.83. The van der Waals surface area contributed by atoms with Crippen molar-refractivity contribution >= 4 is 0 Å².